The van der Waals surface area contributed by atoms with Crippen molar-refractivity contribution < 1.29 is 9.90 Å². The average molecular weight is 152 g/mol. The molecule has 1 aromatic rings. The minimum Gasteiger partial charge on any atom is -0.481 e. The van der Waals surface area contributed by atoms with Gasteiger partial charge in [0.1, 0.15) is 0 Å². The number of aromatic nitrogens is 2. The second-order valence-electron chi connectivity index (χ2n) is 2.01. The van der Waals surface area contributed by atoms with E-state index in [9.17, 15) is 4.79 Å². The Morgan fingerprint density at radius 1 is 1.82 bits per heavy atom. The van der Waals surface area contributed by atoms with Crippen molar-refractivity contribution in [1.82, 2.24) is 9.97 Å². The van der Waals surface area contributed by atoms with Crippen LogP contribution in [0.4, 0.5) is 0 Å². The van der Waals surface area contributed by atoms with E-state index in [1.165, 1.54) is 0 Å². The summed E-state index contributed by atoms with van der Waals surface area (Å²) in [6, 6.07) is 0. The van der Waals surface area contributed by atoms with Crippen molar-refractivity contribution in [1.29, 1.82) is 0 Å². The Bertz CT molecular complexity index is 251. The standard InChI is InChI=1S/C7H8N2O2/c10-7(11)3-1-2-6-4-8-5-9-6/h1-2,4-5H,3H2,(H,8,9)(H,10,11). The zero-order chi connectivity index (χ0) is 8.10. The van der Waals surface area contributed by atoms with E-state index >= 15 is 0 Å². The lowest BCUT2D eigenvalue weighted by Gasteiger charge is -1.82. The summed E-state index contributed by atoms with van der Waals surface area (Å²) in [7, 11) is 0. The van der Waals surface area contributed by atoms with Gasteiger partial charge in [-0.05, 0) is 6.08 Å². The molecule has 0 aliphatic carbocycles. The van der Waals surface area contributed by atoms with Crippen LogP contribution < -0.4 is 0 Å². The highest BCUT2D eigenvalue weighted by Crippen LogP contribution is 1.95. The van der Waals surface area contributed by atoms with Gasteiger partial charge in [-0.15, -0.1) is 0 Å². The molecular weight excluding hydrogens is 144 g/mol. The predicted octanol–water partition coefficient (Wildman–Crippen LogP) is 0.898. The van der Waals surface area contributed by atoms with Gasteiger partial charge in [-0.3, -0.25) is 4.79 Å². The first-order valence-corrected chi connectivity index (χ1v) is 3.16. The van der Waals surface area contributed by atoms with Gasteiger partial charge in [0.25, 0.3) is 0 Å². The molecule has 0 aromatic carbocycles. The maximum atomic E-state index is 10.1. The van der Waals surface area contributed by atoms with Crippen LogP contribution in [0, 0.1) is 0 Å². The van der Waals surface area contributed by atoms with Crippen LogP contribution in [0.2, 0.25) is 0 Å². The van der Waals surface area contributed by atoms with E-state index in [-0.39, 0.29) is 6.42 Å². The molecule has 1 rings (SSSR count). The second-order valence-corrected chi connectivity index (χ2v) is 2.01. The number of hydrogen-bond acceptors (Lipinski definition) is 2. The van der Waals surface area contributed by atoms with Crippen LogP contribution in [-0.4, -0.2) is 21.0 Å². The lowest BCUT2D eigenvalue weighted by molar-refractivity contribution is -0.135. The highest BCUT2D eigenvalue weighted by Gasteiger charge is 1.89. The Labute approximate surface area is 63.6 Å². The molecule has 0 saturated carbocycles. The van der Waals surface area contributed by atoms with E-state index in [2.05, 4.69) is 9.97 Å². The average Bonchev–Trinajstić information content (AvgIpc) is 2.39. The first-order chi connectivity index (χ1) is 5.29. The Morgan fingerprint density at radius 3 is 3.18 bits per heavy atom. The van der Waals surface area contributed by atoms with Gasteiger partial charge in [0.05, 0.1) is 24.6 Å². The number of nitrogens with zero attached hydrogens (tertiary/aromatic N) is 1. The Kier molecular flexibility index (Phi) is 2.43. The zero-order valence-corrected chi connectivity index (χ0v) is 5.82. The molecule has 4 heteroatoms. The summed E-state index contributed by atoms with van der Waals surface area (Å²) in [5.41, 5.74) is 0.811. The van der Waals surface area contributed by atoms with Crippen molar-refractivity contribution in [3.8, 4) is 0 Å². The SMILES string of the molecule is O=C(O)CC=Cc1cnc[nH]1. The number of aromatic amines is 1. The van der Waals surface area contributed by atoms with Gasteiger partial charge >= 0.3 is 5.97 Å². The van der Waals surface area contributed by atoms with Crippen LogP contribution >= 0.6 is 0 Å². The predicted molar refractivity (Wildman–Crippen MR) is 39.9 cm³/mol. The van der Waals surface area contributed by atoms with Gasteiger partial charge in [0.2, 0.25) is 0 Å². The molecule has 0 unspecified atom stereocenters. The summed E-state index contributed by atoms with van der Waals surface area (Å²) < 4.78 is 0. The molecule has 11 heavy (non-hydrogen) atoms. The van der Waals surface area contributed by atoms with E-state index in [1.807, 2.05) is 0 Å². The molecule has 0 spiro atoms. The van der Waals surface area contributed by atoms with E-state index in [0.29, 0.717) is 0 Å². The van der Waals surface area contributed by atoms with Gasteiger partial charge in [0, 0.05) is 0 Å². The molecule has 0 fully saturated rings. The van der Waals surface area contributed by atoms with Crippen molar-refractivity contribution in [3.05, 3.63) is 24.3 Å². The second kappa shape index (κ2) is 3.55. The van der Waals surface area contributed by atoms with Gasteiger partial charge in [-0.25, -0.2) is 4.98 Å². The van der Waals surface area contributed by atoms with E-state index in [1.54, 1.807) is 24.7 Å². The van der Waals surface area contributed by atoms with Gasteiger partial charge in [-0.2, -0.15) is 0 Å². The van der Waals surface area contributed by atoms with E-state index in [4.69, 9.17) is 5.11 Å². The van der Waals surface area contributed by atoms with Crippen LogP contribution in [0.3, 0.4) is 0 Å². The Morgan fingerprint density at radius 2 is 2.64 bits per heavy atom. The number of imidazole rings is 1. The first kappa shape index (κ1) is 7.53. The van der Waals surface area contributed by atoms with Crippen molar-refractivity contribution in [2.24, 2.45) is 0 Å². The quantitative estimate of drug-likeness (QED) is 0.676. The number of H-pyrrole nitrogens is 1. The lowest BCUT2D eigenvalue weighted by atomic mass is 10.3. The molecule has 58 valence electrons. The van der Waals surface area contributed by atoms with E-state index < -0.39 is 5.97 Å². The van der Waals surface area contributed by atoms with Crippen LogP contribution in [0.1, 0.15) is 12.1 Å². The van der Waals surface area contributed by atoms with Crippen molar-refractivity contribution in [2.45, 2.75) is 6.42 Å². The van der Waals surface area contributed by atoms with Crippen LogP contribution in [0.25, 0.3) is 6.08 Å². The molecule has 0 radical (unpaired) electrons. The topological polar surface area (TPSA) is 66.0 Å². The third kappa shape index (κ3) is 2.66. The van der Waals surface area contributed by atoms with Crippen LogP contribution in [0.5, 0.6) is 0 Å². The molecule has 0 atom stereocenters. The van der Waals surface area contributed by atoms with Crippen molar-refractivity contribution in [2.75, 3.05) is 0 Å². The third-order valence-electron chi connectivity index (χ3n) is 1.11. The molecule has 2 N–H and O–H groups in total. The van der Waals surface area contributed by atoms with Gasteiger partial charge in [0.15, 0.2) is 0 Å². The molecule has 1 aromatic heterocycles. The maximum absolute atomic E-state index is 10.1. The largest absolute Gasteiger partial charge is 0.481 e. The fourth-order valence-corrected chi connectivity index (χ4v) is 0.644. The Balaban J connectivity index is 2.43. The molecule has 0 amide bonds. The van der Waals surface area contributed by atoms with Gasteiger partial charge in [-0.1, -0.05) is 6.08 Å². The summed E-state index contributed by atoms with van der Waals surface area (Å²) in [6.45, 7) is 0. The fraction of sp³-hybridized carbons (Fsp3) is 0.143. The third-order valence-corrected chi connectivity index (χ3v) is 1.11. The monoisotopic (exact) mass is 152 g/mol. The minimum atomic E-state index is -0.833. The number of carbonyl (C=O) groups is 1. The summed E-state index contributed by atoms with van der Waals surface area (Å²) in [6.07, 6.45) is 6.45. The summed E-state index contributed by atoms with van der Waals surface area (Å²) in [5.74, 6) is -0.833. The number of nitrogens with one attached hydrogen (secondary N) is 1. The highest BCUT2D eigenvalue weighted by atomic mass is 16.4. The van der Waals surface area contributed by atoms with Crippen molar-refractivity contribution in [3.63, 3.8) is 0 Å². The summed E-state index contributed by atoms with van der Waals surface area (Å²) >= 11 is 0. The van der Waals surface area contributed by atoms with Gasteiger partial charge < -0.3 is 10.1 Å². The number of carboxylic acids is 1. The number of aliphatic carboxylic acids is 1. The first-order valence-electron chi connectivity index (χ1n) is 3.16. The molecule has 0 saturated heterocycles. The fourth-order valence-electron chi connectivity index (χ4n) is 0.644. The number of hydrogen-bond donors (Lipinski definition) is 2. The maximum Gasteiger partial charge on any atom is 0.307 e. The van der Waals surface area contributed by atoms with E-state index in [0.717, 1.165) is 5.69 Å². The zero-order valence-electron chi connectivity index (χ0n) is 5.82. The lowest BCUT2D eigenvalue weighted by Crippen LogP contribution is -1.89. The normalized spacial score (nSPS) is 10.5. The van der Waals surface area contributed by atoms with Crippen LogP contribution in [-0.2, 0) is 4.79 Å². The molecule has 4 nitrogen and oxygen atoms in total. The summed E-state index contributed by atoms with van der Waals surface area (Å²) in [5, 5.41) is 8.27. The van der Waals surface area contributed by atoms with Crippen molar-refractivity contribution >= 4 is 12.0 Å². The molecule has 0 bridgehead atoms. The highest BCUT2D eigenvalue weighted by molar-refractivity contribution is 5.70. The summed E-state index contributed by atoms with van der Waals surface area (Å²) in [4.78, 5) is 16.6. The number of carboxylic acid groups (broad SMARTS) is 1. The molecule has 0 aliphatic rings. The number of rotatable bonds is 3. The Hall–Kier alpha value is -1.58. The smallest absolute Gasteiger partial charge is 0.307 e. The molecule has 0 aliphatic heterocycles. The minimum absolute atomic E-state index is 0.0407. The molecule has 1 heterocycles. The molecular formula is C7H8N2O2. The van der Waals surface area contributed by atoms with Crippen LogP contribution in [0.15, 0.2) is 18.6 Å².